The maximum atomic E-state index is 10.3. The molecule has 0 aliphatic heterocycles. The molecule has 0 bridgehead atoms. The highest BCUT2D eigenvalue weighted by atomic mass is 16.4. The van der Waals surface area contributed by atoms with Gasteiger partial charge >= 0.3 is 11.9 Å². The van der Waals surface area contributed by atoms with Gasteiger partial charge in [-0.3, -0.25) is 14.9 Å². The molecule has 2 atom stereocenters. The van der Waals surface area contributed by atoms with Crippen LogP contribution < -0.4 is 5.32 Å². The molecule has 0 saturated carbocycles. The van der Waals surface area contributed by atoms with Crippen LogP contribution in [0.3, 0.4) is 0 Å². The van der Waals surface area contributed by atoms with Crippen molar-refractivity contribution in [1.82, 2.24) is 5.32 Å². The van der Waals surface area contributed by atoms with Crippen molar-refractivity contribution >= 4 is 11.9 Å². The topological polar surface area (TPSA) is 107 Å². The van der Waals surface area contributed by atoms with E-state index in [1.165, 1.54) is 6.92 Å². The first-order valence-corrected chi connectivity index (χ1v) is 3.31. The van der Waals surface area contributed by atoms with E-state index >= 15 is 0 Å². The van der Waals surface area contributed by atoms with Crippen molar-refractivity contribution in [1.29, 1.82) is 0 Å². The van der Waals surface area contributed by atoms with Crippen LogP contribution in [0.25, 0.3) is 0 Å². The standard InChI is InChI=1S/C6H11NO5/c1-3(8)5(6(11)12)7-2-4(9)10/h3,5,7-8H,2H2,1H3,(H,9,10)(H,11,12)/t3-,5+/m1/s1. The average Bonchev–Trinajstić information content (AvgIpc) is 1.84. The Morgan fingerprint density at radius 1 is 1.42 bits per heavy atom. The molecule has 0 radical (unpaired) electrons. The van der Waals surface area contributed by atoms with Crippen LogP contribution in [-0.2, 0) is 9.59 Å². The van der Waals surface area contributed by atoms with Gasteiger partial charge in [0.05, 0.1) is 12.6 Å². The van der Waals surface area contributed by atoms with Gasteiger partial charge in [0.2, 0.25) is 0 Å². The molecule has 0 amide bonds. The molecule has 0 heterocycles. The van der Waals surface area contributed by atoms with E-state index < -0.39 is 30.6 Å². The number of aliphatic hydroxyl groups is 1. The number of aliphatic hydroxyl groups excluding tert-OH is 1. The van der Waals surface area contributed by atoms with Crippen molar-refractivity contribution in [3.8, 4) is 0 Å². The number of carboxylic acid groups (broad SMARTS) is 2. The summed E-state index contributed by atoms with van der Waals surface area (Å²) in [7, 11) is 0. The van der Waals surface area contributed by atoms with E-state index in [0.29, 0.717) is 0 Å². The maximum Gasteiger partial charge on any atom is 0.323 e. The lowest BCUT2D eigenvalue weighted by atomic mass is 10.2. The number of hydrogen-bond acceptors (Lipinski definition) is 4. The summed E-state index contributed by atoms with van der Waals surface area (Å²) < 4.78 is 0. The minimum atomic E-state index is -1.27. The number of carbonyl (C=O) groups is 2. The lowest BCUT2D eigenvalue weighted by molar-refractivity contribution is -0.142. The molecule has 6 heteroatoms. The van der Waals surface area contributed by atoms with Crippen molar-refractivity contribution in [2.45, 2.75) is 19.1 Å². The Kier molecular flexibility index (Phi) is 4.24. The highest BCUT2D eigenvalue weighted by molar-refractivity contribution is 5.76. The minimum absolute atomic E-state index is 0.484. The van der Waals surface area contributed by atoms with Gasteiger partial charge in [-0.15, -0.1) is 0 Å². The Hall–Kier alpha value is -1.14. The summed E-state index contributed by atoms with van der Waals surface area (Å²) in [5, 5.41) is 27.7. The largest absolute Gasteiger partial charge is 0.480 e. The van der Waals surface area contributed by atoms with Crippen LogP contribution in [0.4, 0.5) is 0 Å². The van der Waals surface area contributed by atoms with Gasteiger partial charge in [-0.05, 0) is 6.92 Å². The zero-order valence-corrected chi connectivity index (χ0v) is 6.52. The molecule has 0 aromatic rings. The Balaban J connectivity index is 3.97. The molecular formula is C6H11NO5. The van der Waals surface area contributed by atoms with Crippen LogP contribution >= 0.6 is 0 Å². The smallest absolute Gasteiger partial charge is 0.323 e. The lowest BCUT2D eigenvalue weighted by Gasteiger charge is -2.15. The van der Waals surface area contributed by atoms with Crippen molar-refractivity contribution < 1.29 is 24.9 Å². The molecule has 0 rings (SSSR count). The molecule has 0 aliphatic rings. The summed E-state index contributed by atoms with van der Waals surface area (Å²) in [6, 6.07) is -1.24. The molecule has 0 fully saturated rings. The van der Waals surface area contributed by atoms with Crippen molar-refractivity contribution in [3.05, 3.63) is 0 Å². The summed E-state index contributed by atoms with van der Waals surface area (Å²) in [5.74, 6) is -2.44. The van der Waals surface area contributed by atoms with E-state index in [-0.39, 0.29) is 0 Å². The van der Waals surface area contributed by atoms with Gasteiger partial charge in [-0.25, -0.2) is 0 Å². The molecular weight excluding hydrogens is 166 g/mol. The van der Waals surface area contributed by atoms with Crippen LogP contribution in [0.2, 0.25) is 0 Å². The van der Waals surface area contributed by atoms with Gasteiger partial charge in [-0.2, -0.15) is 0 Å². The van der Waals surface area contributed by atoms with Gasteiger partial charge in [0.15, 0.2) is 0 Å². The zero-order valence-electron chi connectivity index (χ0n) is 6.52. The monoisotopic (exact) mass is 177 g/mol. The summed E-state index contributed by atoms with van der Waals surface area (Å²) >= 11 is 0. The van der Waals surface area contributed by atoms with Gasteiger partial charge in [-0.1, -0.05) is 0 Å². The summed E-state index contributed by atoms with van der Waals surface area (Å²) in [5.41, 5.74) is 0. The molecule has 0 spiro atoms. The van der Waals surface area contributed by atoms with E-state index in [2.05, 4.69) is 5.32 Å². The van der Waals surface area contributed by atoms with Gasteiger partial charge < -0.3 is 15.3 Å². The third-order valence-electron chi connectivity index (χ3n) is 1.22. The Morgan fingerprint density at radius 3 is 2.17 bits per heavy atom. The number of aliphatic carboxylic acids is 2. The first-order valence-electron chi connectivity index (χ1n) is 3.31. The van der Waals surface area contributed by atoms with Gasteiger partial charge in [0.25, 0.3) is 0 Å². The quantitative estimate of drug-likeness (QED) is 0.407. The van der Waals surface area contributed by atoms with E-state index in [4.69, 9.17) is 15.3 Å². The van der Waals surface area contributed by atoms with Crippen LogP contribution in [0.1, 0.15) is 6.92 Å². The molecule has 0 aliphatic carbocycles. The summed E-state index contributed by atoms with van der Waals surface area (Å²) in [6.45, 7) is 0.787. The fraction of sp³-hybridized carbons (Fsp3) is 0.667. The second-order valence-electron chi connectivity index (χ2n) is 2.33. The molecule has 0 aromatic heterocycles. The number of carboxylic acids is 2. The average molecular weight is 177 g/mol. The third kappa shape index (κ3) is 3.89. The molecule has 0 aromatic carbocycles. The van der Waals surface area contributed by atoms with Gasteiger partial charge in [0, 0.05) is 0 Å². The molecule has 0 saturated heterocycles. The minimum Gasteiger partial charge on any atom is -0.480 e. The zero-order chi connectivity index (χ0) is 9.72. The Labute approximate surface area is 68.8 Å². The fourth-order valence-electron chi connectivity index (χ4n) is 0.661. The van der Waals surface area contributed by atoms with Gasteiger partial charge in [0.1, 0.15) is 6.04 Å². The normalized spacial score (nSPS) is 15.2. The van der Waals surface area contributed by atoms with Crippen molar-refractivity contribution in [3.63, 3.8) is 0 Å². The summed E-state index contributed by atoms with van der Waals surface area (Å²) in [4.78, 5) is 20.3. The second-order valence-corrected chi connectivity index (χ2v) is 2.33. The second kappa shape index (κ2) is 4.68. The Bertz CT molecular complexity index is 179. The lowest BCUT2D eigenvalue weighted by Crippen LogP contribution is -2.46. The fourth-order valence-corrected chi connectivity index (χ4v) is 0.661. The summed E-state index contributed by atoms with van der Waals surface area (Å²) in [6.07, 6.45) is -1.12. The number of hydrogen-bond donors (Lipinski definition) is 4. The molecule has 0 unspecified atom stereocenters. The molecule has 6 nitrogen and oxygen atoms in total. The number of rotatable bonds is 5. The Morgan fingerprint density at radius 2 is 1.92 bits per heavy atom. The third-order valence-corrected chi connectivity index (χ3v) is 1.22. The van der Waals surface area contributed by atoms with E-state index in [9.17, 15) is 9.59 Å². The van der Waals surface area contributed by atoms with Crippen LogP contribution in [0, 0.1) is 0 Å². The molecule has 12 heavy (non-hydrogen) atoms. The maximum absolute atomic E-state index is 10.3. The highest BCUT2D eigenvalue weighted by Gasteiger charge is 2.22. The predicted molar refractivity (Wildman–Crippen MR) is 38.7 cm³/mol. The molecule has 70 valence electrons. The van der Waals surface area contributed by atoms with E-state index in [1.807, 2.05) is 0 Å². The van der Waals surface area contributed by atoms with E-state index in [0.717, 1.165) is 0 Å². The molecule has 4 N–H and O–H groups in total. The predicted octanol–water partition coefficient (Wildman–Crippen LogP) is -1.51. The first-order chi connectivity index (χ1) is 5.45. The first kappa shape index (κ1) is 10.9. The van der Waals surface area contributed by atoms with Crippen molar-refractivity contribution in [2.24, 2.45) is 0 Å². The number of nitrogens with one attached hydrogen (secondary N) is 1. The SMILES string of the molecule is C[C@@H](O)[C@H](NCC(=O)O)C(=O)O. The van der Waals surface area contributed by atoms with Crippen LogP contribution in [0.5, 0.6) is 0 Å². The van der Waals surface area contributed by atoms with Crippen LogP contribution in [-0.4, -0.2) is 45.9 Å². The van der Waals surface area contributed by atoms with Crippen LogP contribution in [0.15, 0.2) is 0 Å². The van der Waals surface area contributed by atoms with E-state index in [1.54, 1.807) is 0 Å². The van der Waals surface area contributed by atoms with Crippen molar-refractivity contribution in [2.75, 3.05) is 6.54 Å². The highest BCUT2D eigenvalue weighted by Crippen LogP contribution is 1.91.